The first-order chi connectivity index (χ1) is 8.27. The van der Waals surface area contributed by atoms with Crippen LogP contribution in [0.1, 0.15) is 53.4 Å². The summed E-state index contributed by atoms with van der Waals surface area (Å²) >= 11 is 0. The fraction of sp³-hybridized carbons (Fsp3) is 0.667. The van der Waals surface area contributed by atoms with Gasteiger partial charge in [-0.15, -0.1) is 5.16 Å². The second-order valence-electron chi connectivity index (χ2n) is 6.15. The lowest BCUT2D eigenvalue weighted by molar-refractivity contribution is 0.313. The Labute approximate surface area is 111 Å². The van der Waals surface area contributed by atoms with Crippen molar-refractivity contribution in [1.29, 1.82) is 0 Å². The van der Waals surface area contributed by atoms with E-state index in [1.54, 1.807) is 6.21 Å². The largest absolute Gasteiger partial charge is 0.411 e. The van der Waals surface area contributed by atoms with Crippen molar-refractivity contribution in [1.82, 2.24) is 0 Å². The number of unbranched alkanes of at least 4 members (excludes halogenated alkanes) is 1. The van der Waals surface area contributed by atoms with Crippen molar-refractivity contribution in [2.24, 2.45) is 16.3 Å². The van der Waals surface area contributed by atoms with Gasteiger partial charge in [0.25, 0.3) is 0 Å². The Morgan fingerprint density at radius 1 is 0.944 bits per heavy atom. The number of hydrogen-bond donors (Lipinski definition) is 2. The van der Waals surface area contributed by atoms with Crippen LogP contribution in [0.5, 0.6) is 0 Å². The molecule has 0 aliphatic carbocycles. The summed E-state index contributed by atoms with van der Waals surface area (Å²) in [6.07, 6.45) is 14.1. The topological polar surface area (TPSA) is 58.6 Å². The van der Waals surface area contributed by atoms with E-state index in [2.05, 4.69) is 29.5 Å². The van der Waals surface area contributed by atoms with Crippen molar-refractivity contribution in [2.75, 3.05) is 0 Å². The van der Waals surface area contributed by atoms with E-state index in [9.17, 15) is 0 Å². The third-order valence-electron chi connectivity index (χ3n) is 2.53. The highest BCUT2D eigenvalue weighted by molar-refractivity contribution is 5.64. The summed E-state index contributed by atoms with van der Waals surface area (Å²) in [6.45, 7) is 8.14. The van der Waals surface area contributed by atoms with Gasteiger partial charge in [0.2, 0.25) is 0 Å². The van der Waals surface area contributed by atoms with Crippen LogP contribution in [0.4, 0.5) is 0 Å². The van der Waals surface area contributed by atoms with E-state index in [-0.39, 0.29) is 11.0 Å². The zero-order valence-electron chi connectivity index (χ0n) is 12.2. The van der Waals surface area contributed by atoms with Crippen LogP contribution in [0, 0.1) is 5.41 Å². The maximum absolute atomic E-state index is 8.49. The minimum Gasteiger partial charge on any atom is -0.411 e. The van der Waals surface area contributed by atoms with Crippen molar-refractivity contribution in [3.05, 3.63) is 24.3 Å². The van der Waals surface area contributed by atoms with E-state index >= 15 is 0 Å². The van der Waals surface area contributed by atoms with Crippen LogP contribution in [0.25, 0.3) is 0 Å². The van der Waals surface area contributed by atoms with Gasteiger partial charge < -0.3 is 10.9 Å². The third-order valence-corrected chi connectivity index (χ3v) is 2.53. The Balaban J connectivity index is 3.73. The SMILES string of the molecule is CC(C)(N)CC=CCCC=CCC(C)(C)C=NO. The predicted molar refractivity (Wildman–Crippen MR) is 79.1 cm³/mol. The molecule has 0 unspecified atom stereocenters. The number of hydrogen-bond acceptors (Lipinski definition) is 3. The zero-order chi connectivity index (χ0) is 14.1. The summed E-state index contributed by atoms with van der Waals surface area (Å²) < 4.78 is 0. The lowest BCUT2D eigenvalue weighted by Crippen LogP contribution is -2.30. The zero-order valence-corrected chi connectivity index (χ0v) is 12.2. The van der Waals surface area contributed by atoms with Gasteiger partial charge in [-0.1, -0.05) is 38.2 Å². The molecule has 0 spiro atoms. The second-order valence-corrected chi connectivity index (χ2v) is 6.15. The first-order valence-electron chi connectivity index (χ1n) is 6.54. The molecule has 18 heavy (non-hydrogen) atoms. The monoisotopic (exact) mass is 252 g/mol. The maximum Gasteiger partial charge on any atom is 0.0495 e. The summed E-state index contributed by atoms with van der Waals surface area (Å²) in [5, 5.41) is 11.6. The molecule has 0 saturated heterocycles. The molecule has 0 radical (unpaired) electrons. The molecule has 0 amide bonds. The minimum atomic E-state index is -0.111. The Morgan fingerprint density at radius 3 is 1.89 bits per heavy atom. The average molecular weight is 252 g/mol. The Bertz CT molecular complexity index is 296. The third kappa shape index (κ3) is 11.4. The van der Waals surface area contributed by atoms with Crippen LogP contribution in [0.3, 0.4) is 0 Å². The van der Waals surface area contributed by atoms with Crippen molar-refractivity contribution < 1.29 is 5.21 Å². The van der Waals surface area contributed by atoms with E-state index in [4.69, 9.17) is 10.9 Å². The standard InChI is InChI=1S/C15H28N2O/c1-14(2,13-17-18)11-9-7-5-6-8-10-12-15(3,4)16/h7-10,13,18H,5-6,11-12,16H2,1-4H3. The van der Waals surface area contributed by atoms with Crippen LogP contribution in [-0.2, 0) is 0 Å². The van der Waals surface area contributed by atoms with Gasteiger partial charge in [0.1, 0.15) is 0 Å². The number of allylic oxidation sites excluding steroid dienone is 3. The molecule has 0 rings (SSSR count). The van der Waals surface area contributed by atoms with Crippen LogP contribution in [0.15, 0.2) is 29.5 Å². The molecule has 0 saturated carbocycles. The molecule has 0 heterocycles. The van der Waals surface area contributed by atoms with E-state index < -0.39 is 0 Å². The molecule has 0 aromatic heterocycles. The van der Waals surface area contributed by atoms with Crippen LogP contribution < -0.4 is 5.73 Å². The highest BCUT2D eigenvalue weighted by atomic mass is 16.4. The van der Waals surface area contributed by atoms with E-state index in [0.29, 0.717) is 0 Å². The fourth-order valence-electron chi connectivity index (χ4n) is 1.41. The molecule has 0 aromatic carbocycles. The van der Waals surface area contributed by atoms with E-state index in [1.807, 2.05) is 27.7 Å². The second kappa shape index (κ2) is 8.09. The smallest absolute Gasteiger partial charge is 0.0495 e. The number of oxime groups is 1. The molecule has 0 bridgehead atoms. The van der Waals surface area contributed by atoms with Crippen molar-refractivity contribution in [2.45, 2.75) is 58.9 Å². The highest BCUT2D eigenvalue weighted by Gasteiger charge is 2.12. The molecule has 0 aliphatic heterocycles. The van der Waals surface area contributed by atoms with Gasteiger partial charge in [0.15, 0.2) is 0 Å². The van der Waals surface area contributed by atoms with E-state index in [1.165, 1.54) is 0 Å². The summed E-state index contributed by atoms with van der Waals surface area (Å²) in [7, 11) is 0. The maximum atomic E-state index is 8.49. The first kappa shape index (κ1) is 16.9. The van der Waals surface area contributed by atoms with Gasteiger partial charge >= 0.3 is 0 Å². The Hall–Kier alpha value is -1.09. The van der Waals surface area contributed by atoms with Gasteiger partial charge in [-0.05, 0) is 39.5 Å². The first-order valence-corrected chi connectivity index (χ1v) is 6.54. The molecule has 0 fully saturated rings. The molecule has 0 aliphatic rings. The predicted octanol–water partition coefficient (Wildman–Crippen LogP) is 3.88. The van der Waals surface area contributed by atoms with Gasteiger partial charge in [-0.3, -0.25) is 0 Å². The number of nitrogens with zero attached hydrogens (tertiary/aromatic N) is 1. The van der Waals surface area contributed by atoms with Gasteiger partial charge in [0.05, 0.1) is 0 Å². The summed E-state index contributed by atoms with van der Waals surface area (Å²) in [4.78, 5) is 0. The molecule has 0 atom stereocenters. The Kier molecular flexibility index (Phi) is 7.60. The van der Waals surface area contributed by atoms with Crippen molar-refractivity contribution in [3.8, 4) is 0 Å². The lowest BCUT2D eigenvalue weighted by atomic mass is 9.91. The van der Waals surface area contributed by atoms with Crippen LogP contribution in [-0.4, -0.2) is 17.0 Å². The van der Waals surface area contributed by atoms with Crippen LogP contribution in [0.2, 0.25) is 0 Å². The average Bonchev–Trinajstić information content (AvgIpc) is 2.20. The molecular weight excluding hydrogens is 224 g/mol. The molecule has 104 valence electrons. The summed E-state index contributed by atoms with van der Waals surface area (Å²) in [5.41, 5.74) is 5.69. The molecule has 0 aromatic rings. The molecule has 3 nitrogen and oxygen atoms in total. The fourth-order valence-corrected chi connectivity index (χ4v) is 1.41. The van der Waals surface area contributed by atoms with E-state index in [0.717, 1.165) is 25.7 Å². The normalized spacial score (nSPS) is 14.3. The number of nitrogens with two attached hydrogens (primary N) is 1. The lowest BCUT2D eigenvalue weighted by Gasteiger charge is -2.15. The molecular formula is C15H28N2O. The molecule has 3 N–H and O–H groups in total. The van der Waals surface area contributed by atoms with Crippen molar-refractivity contribution >= 4 is 6.21 Å². The van der Waals surface area contributed by atoms with Gasteiger partial charge in [0, 0.05) is 17.2 Å². The summed E-state index contributed by atoms with van der Waals surface area (Å²) in [5.74, 6) is 0. The van der Waals surface area contributed by atoms with Gasteiger partial charge in [-0.25, -0.2) is 0 Å². The highest BCUT2D eigenvalue weighted by Crippen LogP contribution is 2.18. The molecule has 3 heteroatoms. The summed E-state index contributed by atoms with van der Waals surface area (Å²) in [6, 6.07) is 0. The Morgan fingerprint density at radius 2 is 1.44 bits per heavy atom. The van der Waals surface area contributed by atoms with Gasteiger partial charge in [-0.2, -0.15) is 0 Å². The minimum absolute atomic E-state index is 0.0787. The van der Waals surface area contributed by atoms with Crippen molar-refractivity contribution in [3.63, 3.8) is 0 Å². The quantitative estimate of drug-likeness (QED) is 0.226. The number of rotatable bonds is 8. The van der Waals surface area contributed by atoms with Crippen LogP contribution >= 0.6 is 0 Å².